The third-order valence-electron chi connectivity index (χ3n) is 2.82. The molecule has 18 heavy (non-hydrogen) atoms. The zero-order valence-electron chi connectivity index (χ0n) is 11.0. The van der Waals surface area contributed by atoms with Crippen LogP contribution in [0.3, 0.4) is 0 Å². The van der Waals surface area contributed by atoms with Gasteiger partial charge in [-0.25, -0.2) is 0 Å². The van der Waals surface area contributed by atoms with Crippen molar-refractivity contribution < 1.29 is 0 Å². The molecule has 0 unspecified atom stereocenters. The van der Waals surface area contributed by atoms with Crippen LogP contribution in [-0.4, -0.2) is 6.04 Å². The first kappa shape index (κ1) is 13.8. The predicted octanol–water partition coefficient (Wildman–Crippen LogP) is 4.98. The maximum absolute atomic E-state index is 3.59. The highest BCUT2D eigenvalue weighted by Gasteiger charge is 2.05. The Kier molecular flexibility index (Phi) is 4.60. The van der Waals surface area contributed by atoms with E-state index in [-0.39, 0.29) is 0 Å². The lowest BCUT2D eigenvalue weighted by Gasteiger charge is -2.05. The molecular formula is C15H18BrNS. The molecule has 1 N–H and O–H groups in total. The first-order valence-electron chi connectivity index (χ1n) is 6.13. The molecule has 0 aliphatic rings. The molecule has 0 saturated carbocycles. The molecule has 0 aliphatic carbocycles. The van der Waals surface area contributed by atoms with E-state index in [1.165, 1.54) is 26.0 Å². The number of hydrogen-bond acceptors (Lipinski definition) is 2. The quantitative estimate of drug-likeness (QED) is 0.836. The molecule has 3 heteroatoms. The zero-order chi connectivity index (χ0) is 13.1. The molecule has 0 aliphatic heterocycles. The number of aryl methyl sites for hydroxylation is 1. The van der Waals surface area contributed by atoms with Crippen LogP contribution in [0.5, 0.6) is 0 Å². The summed E-state index contributed by atoms with van der Waals surface area (Å²) in [5, 5.41) is 5.68. The SMILES string of the molecule is Cc1ccc(-c2cc(CNC(C)C)cs2)cc1Br. The van der Waals surface area contributed by atoms with Crippen molar-refractivity contribution in [3.05, 3.63) is 45.2 Å². The molecule has 0 saturated heterocycles. The van der Waals surface area contributed by atoms with Crippen LogP contribution in [0.2, 0.25) is 0 Å². The number of halogens is 1. The summed E-state index contributed by atoms with van der Waals surface area (Å²) >= 11 is 5.40. The molecule has 2 rings (SSSR count). The van der Waals surface area contributed by atoms with Crippen molar-refractivity contribution in [3.63, 3.8) is 0 Å². The molecule has 1 aromatic carbocycles. The van der Waals surface area contributed by atoms with Gasteiger partial charge in [0.1, 0.15) is 0 Å². The molecule has 1 aromatic heterocycles. The van der Waals surface area contributed by atoms with Crippen molar-refractivity contribution in [3.8, 4) is 10.4 Å². The maximum atomic E-state index is 3.59. The van der Waals surface area contributed by atoms with Crippen LogP contribution in [0.4, 0.5) is 0 Å². The largest absolute Gasteiger partial charge is 0.310 e. The normalized spacial score (nSPS) is 11.2. The van der Waals surface area contributed by atoms with Gasteiger partial charge in [-0.3, -0.25) is 0 Å². The molecule has 1 heterocycles. The minimum atomic E-state index is 0.530. The first-order chi connectivity index (χ1) is 8.56. The first-order valence-corrected chi connectivity index (χ1v) is 7.81. The molecule has 0 spiro atoms. The minimum absolute atomic E-state index is 0.530. The van der Waals surface area contributed by atoms with Crippen molar-refractivity contribution >= 4 is 27.3 Å². The van der Waals surface area contributed by atoms with Gasteiger partial charge in [-0.2, -0.15) is 0 Å². The van der Waals surface area contributed by atoms with Gasteiger partial charge in [0.05, 0.1) is 0 Å². The van der Waals surface area contributed by atoms with Crippen LogP contribution in [-0.2, 0) is 6.54 Å². The Morgan fingerprint density at radius 2 is 2.06 bits per heavy atom. The zero-order valence-corrected chi connectivity index (χ0v) is 13.4. The van der Waals surface area contributed by atoms with E-state index in [9.17, 15) is 0 Å². The van der Waals surface area contributed by atoms with Crippen molar-refractivity contribution in [2.45, 2.75) is 33.4 Å². The lowest BCUT2D eigenvalue weighted by Crippen LogP contribution is -2.21. The van der Waals surface area contributed by atoms with Gasteiger partial charge in [-0.05, 0) is 41.1 Å². The summed E-state index contributed by atoms with van der Waals surface area (Å²) in [6.45, 7) is 7.40. The number of benzene rings is 1. The van der Waals surface area contributed by atoms with Gasteiger partial charge in [0.15, 0.2) is 0 Å². The van der Waals surface area contributed by atoms with Crippen LogP contribution in [0, 0.1) is 6.92 Å². The van der Waals surface area contributed by atoms with Crippen LogP contribution in [0.15, 0.2) is 34.1 Å². The Labute approximate surface area is 121 Å². The Bertz CT molecular complexity index is 531. The summed E-state index contributed by atoms with van der Waals surface area (Å²) in [5.41, 5.74) is 3.92. The van der Waals surface area contributed by atoms with Gasteiger partial charge in [-0.15, -0.1) is 11.3 Å². The predicted molar refractivity (Wildman–Crippen MR) is 84.2 cm³/mol. The van der Waals surface area contributed by atoms with Crippen LogP contribution < -0.4 is 5.32 Å². The molecule has 0 bridgehead atoms. The lowest BCUT2D eigenvalue weighted by molar-refractivity contribution is 0.590. The number of rotatable bonds is 4. The standard InChI is InChI=1S/C15H18BrNS/c1-10(2)17-8-12-6-15(18-9-12)13-5-4-11(3)14(16)7-13/h4-7,9-10,17H,8H2,1-3H3. The van der Waals surface area contributed by atoms with Gasteiger partial charge < -0.3 is 5.32 Å². The summed E-state index contributed by atoms with van der Waals surface area (Å²) in [6.07, 6.45) is 0. The highest BCUT2D eigenvalue weighted by molar-refractivity contribution is 9.10. The average molecular weight is 324 g/mol. The van der Waals surface area contributed by atoms with Crippen LogP contribution in [0.1, 0.15) is 25.0 Å². The molecule has 0 atom stereocenters. The van der Waals surface area contributed by atoms with E-state index < -0.39 is 0 Å². The second kappa shape index (κ2) is 6.00. The summed E-state index contributed by atoms with van der Waals surface area (Å²) in [5.74, 6) is 0. The fourth-order valence-corrected chi connectivity index (χ4v) is 2.98. The topological polar surface area (TPSA) is 12.0 Å². The Balaban J connectivity index is 2.16. The maximum Gasteiger partial charge on any atom is 0.0346 e. The fraction of sp³-hybridized carbons (Fsp3) is 0.333. The van der Waals surface area contributed by atoms with E-state index in [2.05, 4.69) is 71.7 Å². The van der Waals surface area contributed by atoms with Crippen molar-refractivity contribution in [1.29, 1.82) is 0 Å². The Morgan fingerprint density at radius 3 is 2.72 bits per heavy atom. The molecule has 96 valence electrons. The van der Waals surface area contributed by atoms with Gasteiger partial charge in [0, 0.05) is 21.9 Å². The van der Waals surface area contributed by atoms with E-state index in [0.717, 1.165) is 6.54 Å². The van der Waals surface area contributed by atoms with Gasteiger partial charge in [-0.1, -0.05) is 41.9 Å². The highest BCUT2D eigenvalue weighted by Crippen LogP contribution is 2.30. The number of thiophene rings is 1. The molecule has 2 aromatic rings. The van der Waals surface area contributed by atoms with Crippen molar-refractivity contribution in [2.24, 2.45) is 0 Å². The van der Waals surface area contributed by atoms with Crippen molar-refractivity contribution in [1.82, 2.24) is 5.32 Å². The van der Waals surface area contributed by atoms with Gasteiger partial charge in [0.25, 0.3) is 0 Å². The number of nitrogens with one attached hydrogen (secondary N) is 1. The van der Waals surface area contributed by atoms with Crippen LogP contribution >= 0.6 is 27.3 Å². The smallest absolute Gasteiger partial charge is 0.0346 e. The summed E-state index contributed by atoms with van der Waals surface area (Å²) < 4.78 is 1.18. The lowest BCUT2D eigenvalue weighted by atomic mass is 10.1. The third kappa shape index (κ3) is 3.44. The molecule has 0 fully saturated rings. The summed E-state index contributed by atoms with van der Waals surface area (Å²) in [6, 6.07) is 9.34. The Morgan fingerprint density at radius 1 is 1.28 bits per heavy atom. The van der Waals surface area contributed by atoms with Crippen molar-refractivity contribution in [2.75, 3.05) is 0 Å². The third-order valence-corrected chi connectivity index (χ3v) is 4.71. The van der Waals surface area contributed by atoms with Gasteiger partial charge in [0.2, 0.25) is 0 Å². The average Bonchev–Trinajstić information content (AvgIpc) is 2.79. The van der Waals surface area contributed by atoms with E-state index in [0.29, 0.717) is 6.04 Å². The van der Waals surface area contributed by atoms with E-state index in [4.69, 9.17) is 0 Å². The Hall–Kier alpha value is -0.640. The fourth-order valence-electron chi connectivity index (χ4n) is 1.69. The number of hydrogen-bond donors (Lipinski definition) is 1. The molecular weight excluding hydrogens is 306 g/mol. The van der Waals surface area contributed by atoms with E-state index in [1.54, 1.807) is 0 Å². The minimum Gasteiger partial charge on any atom is -0.310 e. The summed E-state index contributed by atoms with van der Waals surface area (Å²) in [7, 11) is 0. The molecule has 0 radical (unpaired) electrons. The second-order valence-corrected chi connectivity index (χ2v) is 6.58. The highest BCUT2D eigenvalue weighted by atomic mass is 79.9. The summed E-state index contributed by atoms with van der Waals surface area (Å²) in [4.78, 5) is 1.33. The molecule has 0 amide bonds. The second-order valence-electron chi connectivity index (χ2n) is 4.82. The monoisotopic (exact) mass is 323 g/mol. The molecule has 1 nitrogen and oxygen atoms in total. The van der Waals surface area contributed by atoms with E-state index >= 15 is 0 Å². The van der Waals surface area contributed by atoms with Crippen LogP contribution in [0.25, 0.3) is 10.4 Å². The van der Waals surface area contributed by atoms with Gasteiger partial charge >= 0.3 is 0 Å². The van der Waals surface area contributed by atoms with E-state index in [1.807, 2.05) is 11.3 Å².